The molecule has 1 aromatic rings. The molecule has 0 spiro atoms. The summed E-state index contributed by atoms with van der Waals surface area (Å²) in [5.74, 6) is 0.0308. The third-order valence-electron chi connectivity index (χ3n) is 4.03. The Bertz CT molecular complexity index is 604. The summed E-state index contributed by atoms with van der Waals surface area (Å²) in [6, 6.07) is 7.47. The van der Waals surface area contributed by atoms with Gasteiger partial charge in [0.05, 0.1) is 0 Å². The van der Waals surface area contributed by atoms with E-state index in [0.29, 0.717) is 0 Å². The molecule has 0 bridgehead atoms. The van der Waals surface area contributed by atoms with Crippen molar-refractivity contribution in [2.75, 3.05) is 25.0 Å². The van der Waals surface area contributed by atoms with E-state index in [9.17, 15) is 4.79 Å². The maximum Gasteiger partial charge on any atom is 0.328 e. The molecule has 0 aromatic heterocycles. The molecule has 7 nitrogen and oxygen atoms in total. The third-order valence-corrected chi connectivity index (χ3v) is 4.03. The van der Waals surface area contributed by atoms with Crippen LogP contribution in [-0.4, -0.2) is 43.0 Å². The Labute approximate surface area is 143 Å². The molecule has 130 valence electrons. The average molecular weight is 330 g/mol. The van der Waals surface area contributed by atoms with Crippen molar-refractivity contribution in [2.45, 2.75) is 32.6 Å². The predicted octanol–water partition coefficient (Wildman–Crippen LogP) is 2.13. The SMILES string of the molecule is CCCc1ccc(N(C)C(=O)N/C(N)=N/C(=N)N2CCCC2)cc1. The Kier molecular flexibility index (Phi) is 6.17. The number of nitrogens with two attached hydrogens (primary N) is 1. The lowest BCUT2D eigenvalue weighted by atomic mass is 10.1. The minimum Gasteiger partial charge on any atom is -0.369 e. The van der Waals surface area contributed by atoms with Gasteiger partial charge < -0.3 is 10.6 Å². The molecule has 0 saturated carbocycles. The van der Waals surface area contributed by atoms with Crippen LogP contribution in [0.2, 0.25) is 0 Å². The Morgan fingerprint density at radius 3 is 2.54 bits per heavy atom. The molecule has 2 rings (SSSR count). The van der Waals surface area contributed by atoms with Crippen LogP contribution in [0.4, 0.5) is 10.5 Å². The number of aliphatic imine (C=N–C) groups is 1. The van der Waals surface area contributed by atoms with E-state index in [-0.39, 0.29) is 18.0 Å². The molecule has 1 aromatic carbocycles. The lowest BCUT2D eigenvalue weighted by Crippen LogP contribution is -2.45. The predicted molar refractivity (Wildman–Crippen MR) is 97.5 cm³/mol. The zero-order chi connectivity index (χ0) is 17.5. The molecule has 1 fully saturated rings. The number of rotatable bonds is 3. The molecule has 1 aliphatic heterocycles. The summed E-state index contributed by atoms with van der Waals surface area (Å²) in [5.41, 5.74) is 7.77. The number of aryl methyl sites for hydroxylation is 1. The number of carbonyl (C=O) groups excluding carboxylic acids is 1. The van der Waals surface area contributed by atoms with E-state index >= 15 is 0 Å². The van der Waals surface area contributed by atoms with Crippen LogP contribution in [0.3, 0.4) is 0 Å². The van der Waals surface area contributed by atoms with Crippen LogP contribution in [0.15, 0.2) is 29.3 Å². The highest BCUT2D eigenvalue weighted by molar-refractivity contribution is 6.05. The number of likely N-dealkylation sites (tertiary alicyclic amines) is 1. The molecule has 1 aliphatic rings. The number of hydrogen-bond donors (Lipinski definition) is 3. The quantitative estimate of drug-likeness (QED) is 0.585. The fourth-order valence-corrected chi connectivity index (χ4v) is 2.63. The second kappa shape index (κ2) is 8.33. The fourth-order valence-electron chi connectivity index (χ4n) is 2.63. The van der Waals surface area contributed by atoms with Crippen molar-refractivity contribution in [3.8, 4) is 0 Å². The van der Waals surface area contributed by atoms with Crippen molar-refractivity contribution in [1.29, 1.82) is 5.41 Å². The lowest BCUT2D eigenvalue weighted by Gasteiger charge is -2.19. The number of carbonyl (C=O) groups is 1. The van der Waals surface area contributed by atoms with E-state index in [1.165, 1.54) is 10.5 Å². The van der Waals surface area contributed by atoms with Gasteiger partial charge in [0.1, 0.15) is 0 Å². The summed E-state index contributed by atoms with van der Waals surface area (Å²) in [7, 11) is 1.67. The standard InChI is InChI=1S/C17H26N6O/c1-3-6-13-7-9-14(10-8-13)22(2)17(24)21-15(18)20-16(19)23-11-4-5-12-23/h7-10H,3-6,11-12H2,1-2H3,(H4,18,19,20,21,24). The number of benzene rings is 1. The van der Waals surface area contributed by atoms with Gasteiger partial charge in [-0.15, -0.1) is 0 Å². The van der Waals surface area contributed by atoms with Gasteiger partial charge in [-0.3, -0.25) is 15.6 Å². The van der Waals surface area contributed by atoms with E-state index in [2.05, 4.69) is 17.2 Å². The maximum atomic E-state index is 12.2. The van der Waals surface area contributed by atoms with Crippen molar-refractivity contribution < 1.29 is 4.79 Å². The second-order valence-corrected chi connectivity index (χ2v) is 5.92. The first-order chi connectivity index (χ1) is 11.5. The molecule has 0 unspecified atom stereocenters. The highest BCUT2D eigenvalue weighted by Crippen LogP contribution is 2.15. The van der Waals surface area contributed by atoms with Crippen LogP contribution >= 0.6 is 0 Å². The maximum absolute atomic E-state index is 12.2. The monoisotopic (exact) mass is 330 g/mol. The minimum atomic E-state index is -0.381. The normalized spacial score (nSPS) is 14.6. The van der Waals surface area contributed by atoms with Gasteiger partial charge in [-0.05, 0) is 37.0 Å². The van der Waals surface area contributed by atoms with Crippen LogP contribution in [-0.2, 0) is 6.42 Å². The van der Waals surface area contributed by atoms with Crippen molar-refractivity contribution in [3.63, 3.8) is 0 Å². The summed E-state index contributed by atoms with van der Waals surface area (Å²) in [6.07, 6.45) is 4.22. The first-order valence-electron chi connectivity index (χ1n) is 8.32. The highest BCUT2D eigenvalue weighted by Gasteiger charge is 2.16. The van der Waals surface area contributed by atoms with Gasteiger partial charge in [0.15, 0.2) is 0 Å². The molecular weight excluding hydrogens is 304 g/mol. The molecule has 0 aliphatic carbocycles. The summed E-state index contributed by atoms with van der Waals surface area (Å²) in [5, 5.41) is 10.4. The van der Waals surface area contributed by atoms with Gasteiger partial charge in [-0.25, -0.2) is 4.79 Å². The van der Waals surface area contributed by atoms with Gasteiger partial charge in [0.25, 0.3) is 0 Å². The summed E-state index contributed by atoms with van der Waals surface area (Å²) in [6.45, 7) is 3.76. The average Bonchev–Trinajstić information content (AvgIpc) is 3.09. The van der Waals surface area contributed by atoms with E-state index in [0.717, 1.165) is 44.5 Å². The Hall–Kier alpha value is -2.57. The number of guanidine groups is 2. The molecule has 2 amide bonds. The molecule has 1 saturated heterocycles. The summed E-state index contributed by atoms with van der Waals surface area (Å²) < 4.78 is 0. The van der Waals surface area contributed by atoms with Gasteiger partial charge in [0.2, 0.25) is 11.9 Å². The number of amides is 2. The molecular formula is C17H26N6O. The van der Waals surface area contributed by atoms with Crippen LogP contribution in [0, 0.1) is 5.41 Å². The Morgan fingerprint density at radius 1 is 1.33 bits per heavy atom. The third kappa shape index (κ3) is 4.71. The van der Waals surface area contributed by atoms with Crippen molar-refractivity contribution in [1.82, 2.24) is 10.2 Å². The lowest BCUT2D eigenvalue weighted by molar-refractivity contribution is 0.251. The molecule has 0 atom stereocenters. The molecule has 0 radical (unpaired) electrons. The van der Waals surface area contributed by atoms with Crippen molar-refractivity contribution in [3.05, 3.63) is 29.8 Å². The zero-order valence-corrected chi connectivity index (χ0v) is 14.4. The Balaban J connectivity index is 1.93. The molecule has 4 N–H and O–H groups in total. The summed E-state index contributed by atoms with van der Waals surface area (Å²) >= 11 is 0. The van der Waals surface area contributed by atoms with E-state index in [1.807, 2.05) is 29.2 Å². The molecule has 7 heteroatoms. The van der Waals surface area contributed by atoms with Crippen LogP contribution < -0.4 is 16.0 Å². The van der Waals surface area contributed by atoms with E-state index in [4.69, 9.17) is 11.1 Å². The van der Waals surface area contributed by atoms with Gasteiger partial charge in [0, 0.05) is 25.8 Å². The van der Waals surface area contributed by atoms with Gasteiger partial charge in [-0.2, -0.15) is 4.99 Å². The number of hydrogen-bond acceptors (Lipinski definition) is 2. The Morgan fingerprint density at radius 2 is 1.96 bits per heavy atom. The smallest absolute Gasteiger partial charge is 0.328 e. The van der Waals surface area contributed by atoms with Gasteiger partial charge in [-0.1, -0.05) is 25.5 Å². The number of urea groups is 1. The first-order valence-corrected chi connectivity index (χ1v) is 8.32. The van der Waals surface area contributed by atoms with Crippen molar-refractivity contribution in [2.24, 2.45) is 10.7 Å². The van der Waals surface area contributed by atoms with Crippen LogP contribution in [0.1, 0.15) is 31.7 Å². The minimum absolute atomic E-state index is 0.0636. The fraction of sp³-hybridized carbons (Fsp3) is 0.471. The first kappa shape index (κ1) is 17.8. The number of nitrogens with zero attached hydrogens (tertiary/aromatic N) is 3. The van der Waals surface area contributed by atoms with Crippen molar-refractivity contribution >= 4 is 23.6 Å². The number of anilines is 1. The van der Waals surface area contributed by atoms with Gasteiger partial charge >= 0.3 is 6.03 Å². The molecule has 24 heavy (non-hydrogen) atoms. The van der Waals surface area contributed by atoms with E-state index < -0.39 is 0 Å². The highest BCUT2D eigenvalue weighted by atomic mass is 16.2. The molecule has 1 heterocycles. The zero-order valence-electron chi connectivity index (χ0n) is 14.4. The topological polar surface area (TPSA) is 97.8 Å². The van der Waals surface area contributed by atoms with Crippen LogP contribution in [0.25, 0.3) is 0 Å². The van der Waals surface area contributed by atoms with Crippen LogP contribution in [0.5, 0.6) is 0 Å². The number of nitrogens with one attached hydrogen (secondary N) is 2. The second-order valence-electron chi connectivity index (χ2n) is 5.92. The summed E-state index contributed by atoms with van der Waals surface area (Å²) in [4.78, 5) is 19.5. The van der Waals surface area contributed by atoms with E-state index in [1.54, 1.807) is 7.05 Å². The largest absolute Gasteiger partial charge is 0.369 e.